The monoisotopic (exact) mass is 231 g/mol. The highest BCUT2D eigenvalue weighted by atomic mass is 16.5. The van der Waals surface area contributed by atoms with Crippen LogP contribution < -0.4 is 4.74 Å². The molecule has 2 heteroatoms. The Morgan fingerprint density at radius 3 is 3.00 bits per heavy atom. The Morgan fingerprint density at radius 2 is 2.29 bits per heavy atom. The summed E-state index contributed by atoms with van der Waals surface area (Å²) < 4.78 is 5.37. The number of methoxy groups -OCH3 is 1. The lowest BCUT2D eigenvalue weighted by Gasteiger charge is -2.29. The third-order valence-electron chi connectivity index (χ3n) is 4.85. The molecule has 0 amide bonds. The Labute approximate surface area is 104 Å². The zero-order valence-electron chi connectivity index (χ0n) is 11.0. The summed E-state index contributed by atoms with van der Waals surface area (Å²) in [6.45, 7) is 7.12. The summed E-state index contributed by atoms with van der Waals surface area (Å²) in [5, 5.41) is 0. The molecule has 2 unspecified atom stereocenters. The predicted octanol–water partition coefficient (Wildman–Crippen LogP) is 2.60. The molecule has 1 aliphatic carbocycles. The fourth-order valence-electron chi connectivity index (χ4n) is 3.75. The van der Waals surface area contributed by atoms with Crippen molar-refractivity contribution in [3.8, 4) is 5.75 Å². The molecule has 1 fully saturated rings. The summed E-state index contributed by atoms with van der Waals surface area (Å²) in [6.07, 6.45) is 2.50. The second-order valence-corrected chi connectivity index (χ2v) is 5.54. The Balaban J connectivity index is 2.04. The van der Waals surface area contributed by atoms with Gasteiger partial charge in [-0.25, -0.2) is 0 Å². The average Bonchev–Trinajstić information content (AvgIpc) is 2.81. The first-order valence-electron chi connectivity index (χ1n) is 6.60. The van der Waals surface area contributed by atoms with Crippen molar-refractivity contribution in [2.75, 3.05) is 20.2 Å². The number of hydrogen-bond donors (Lipinski definition) is 0. The largest absolute Gasteiger partial charge is 0.497 e. The van der Waals surface area contributed by atoms with Crippen LogP contribution in [0, 0.1) is 0 Å². The summed E-state index contributed by atoms with van der Waals surface area (Å²) in [4.78, 5) is 2.63. The van der Waals surface area contributed by atoms with Crippen LogP contribution in [0.5, 0.6) is 5.75 Å². The molecule has 17 heavy (non-hydrogen) atoms. The third-order valence-corrected chi connectivity index (χ3v) is 4.85. The first-order valence-corrected chi connectivity index (χ1v) is 6.60. The van der Waals surface area contributed by atoms with Gasteiger partial charge in [-0.3, -0.25) is 4.90 Å². The third kappa shape index (κ3) is 1.43. The van der Waals surface area contributed by atoms with E-state index in [9.17, 15) is 0 Å². The number of benzene rings is 1. The van der Waals surface area contributed by atoms with E-state index in [0.717, 1.165) is 5.75 Å². The van der Waals surface area contributed by atoms with Gasteiger partial charge in [0.05, 0.1) is 7.11 Å². The normalized spacial score (nSPS) is 31.4. The Kier molecular flexibility index (Phi) is 2.44. The minimum Gasteiger partial charge on any atom is -0.497 e. The van der Waals surface area contributed by atoms with Crippen LogP contribution in [0.2, 0.25) is 0 Å². The summed E-state index contributed by atoms with van der Waals surface area (Å²) in [5.74, 6) is 1.00. The van der Waals surface area contributed by atoms with Crippen molar-refractivity contribution >= 4 is 0 Å². The maximum atomic E-state index is 5.37. The van der Waals surface area contributed by atoms with Gasteiger partial charge in [-0.1, -0.05) is 19.9 Å². The van der Waals surface area contributed by atoms with Crippen LogP contribution in [0.25, 0.3) is 0 Å². The maximum absolute atomic E-state index is 5.37. The van der Waals surface area contributed by atoms with E-state index >= 15 is 0 Å². The van der Waals surface area contributed by atoms with Crippen LogP contribution in [0.3, 0.4) is 0 Å². The van der Waals surface area contributed by atoms with E-state index in [-0.39, 0.29) is 0 Å². The maximum Gasteiger partial charge on any atom is 0.119 e. The van der Waals surface area contributed by atoms with Gasteiger partial charge in [-0.05, 0) is 49.2 Å². The fourth-order valence-corrected chi connectivity index (χ4v) is 3.75. The second kappa shape index (κ2) is 3.74. The minimum atomic E-state index is 0.347. The van der Waals surface area contributed by atoms with E-state index in [1.165, 1.54) is 37.1 Å². The van der Waals surface area contributed by atoms with Crippen LogP contribution in [-0.2, 0) is 11.8 Å². The summed E-state index contributed by atoms with van der Waals surface area (Å²) in [6, 6.07) is 7.31. The first-order chi connectivity index (χ1) is 8.19. The summed E-state index contributed by atoms with van der Waals surface area (Å²) in [5.41, 5.74) is 3.40. The molecule has 1 saturated heterocycles. The number of likely N-dealkylation sites (tertiary alicyclic amines) is 1. The SMILES string of the molecule is CCN1CCC2(C)c3cc(OC)ccc3CC12. The molecule has 1 aromatic rings. The van der Waals surface area contributed by atoms with Crippen LogP contribution in [0.1, 0.15) is 31.4 Å². The van der Waals surface area contributed by atoms with E-state index in [2.05, 4.69) is 36.9 Å². The van der Waals surface area contributed by atoms with Crippen LogP contribution in [-0.4, -0.2) is 31.1 Å². The zero-order chi connectivity index (χ0) is 12.0. The number of nitrogens with zero attached hydrogens (tertiary/aromatic N) is 1. The lowest BCUT2D eigenvalue weighted by Crippen LogP contribution is -2.37. The zero-order valence-corrected chi connectivity index (χ0v) is 11.0. The number of rotatable bonds is 2. The molecular formula is C15H21NO. The molecule has 2 aliphatic rings. The molecule has 1 heterocycles. The van der Waals surface area contributed by atoms with Gasteiger partial charge < -0.3 is 4.74 Å². The van der Waals surface area contributed by atoms with Crippen LogP contribution in [0.15, 0.2) is 18.2 Å². The summed E-state index contributed by atoms with van der Waals surface area (Å²) in [7, 11) is 1.75. The van der Waals surface area contributed by atoms with Gasteiger partial charge in [0.25, 0.3) is 0 Å². The van der Waals surface area contributed by atoms with Crippen LogP contribution in [0.4, 0.5) is 0 Å². The van der Waals surface area contributed by atoms with Crippen molar-refractivity contribution in [2.24, 2.45) is 0 Å². The number of hydrogen-bond acceptors (Lipinski definition) is 2. The Hall–Kier alpha value is -1.02. The van der Waals surface area contributed by atoms with Gasteiger partial charge in [-0.15, -0.1) is 0 Å². The molecule has 0 bridgehead atoms. The predicted molar refractivity (Wildman–Crippen MR) is 69.7 cm³/mol. The lowest BCUT2D eigenvalue weighted by atomic mass is 9.80. The van der Waals surface area contributed by atoms with Crippen molar-refractivity contribution in [3.63, 3.8) is 0 Å². The molecule has 1 aliphatic heterocycles. The van der Waals surface area contributed by atoms with Gasteiger partial charge in [0.15, 0.2) is 0 Å². The fraction of sp³-hybridized carbons (Fsp3) is 0.600. The van der Waals surface area contributed by atoms with E-state index in [4.69, 9.17) is 4.74 Å². The molecule has 0 saturated carbocycles. The lowest BCUT2D eigenvalue weighted by molar-refractivity contribution is 0.236. The molecular weight excluding hydrogens is 210 g/mol. The Bertz CT molecular complexity index is 443. The molecule has 1 aromatic carbocycles. The van der Waals surface area contributed by atoms with Crippen LogP contribution >= 0.6 is 0 Å². The van der Waals surface area contributed by atoms with Gasteiger partial charge >= 0.3 is 0 Å². The number of ether oxygens (including phenoxy) is 1. The highest BCUT2D eigenvalue weighted by Crippen LogP contribution is 2.48. The highest BCUT2D eigenvalue weighted by molar-refractivity contribution is 5.47. The summed E-state index contributed by atoms with van der Waals surface area (Å²) >= 11 is 0. The highest BCUT2D eigenvalue weighted by Gasteiger charge is 2.49. The minimum absolute atomic E-state index is 0.347. The quantitative estimate of drug-likeness (QED) is 0.775. The second-order valence-electron chi connectivity index (χ2n) is 5.54. The van der Waals surface area contributed by atoms with Gasteiger partial charge in [0.2, 0.25) is 0 Å². The van der Waals surface area contributed by atoms with Crippen molar-refractivity contribution in [3.05, 3.63) is 29.3 Å². The van der Waals surface area contributed by atoms with Crippen molar-refractivity contribution in [2.45, 2.75) is 38.1 Å². The molecule has 2 atom stereocenters. The standard InChI is InChI=1S/C15H21NO/c1-4-16-8-7-15(2)13-10-12(17-3)6-5-11(13)9-14(15)16/h5-6,10,14H,4,7-9H2,1-3H3. The smallest absolute Gasteiger partial charge is 0.119 e. The van der Waals surface area contributed by atoms with Crippen molar-refractivity contribution < 1.29 is 4.74 Å². The average molecular weight is 231 g/mol. The van der Waals surface area contributed by atoms with Gasteiger partial charge in [0.1, 0.15) is 5.75 Å². The van der Waals surface area contributed by atoms with Gasteiger partial charge in [-0.2, -0.15) is 0 Å². The Morgan fingerprint density at radius 1 is 1.47 bits per heavy atom. The number of likely N-dealkylation sites (N-methyl/N-ethyl adjacent to an activating group) is 1. The molecule has 0 spiro atoms. The van der Waals surface area contributed by atoms with E-state index in [0.29, 0.717) is 11.5 Å². The van der Waals surface area contributed by atoms with E-state index in [1.807, 2.05) is 0 Å². The molecule has 0 radical (unpaired) electrons. The van der Waals surface area contributed by atoms with Crippen molar-refractivity contribution in [1.29, 1.82) is 0 Å². The molecule has 0 N–H and O–H groups in total. The van der Waals surface area contributed by atoms with Crippen molar-refractivity contribution in [1.82, 2.24) is 4.90 Å². The topological polar surface area (TPSA) is 12.5 Å². The number of fused-ring (bicyclic) bond motifs is 3. The molecule has 2 nitrogen and oxygen atoms in total. The van der Waals surface area contributed by atoms with Gasteiger partial charge in [0, 0.05) is 11.5 Å². The van der Waals surface area contributed by atoms with E-state index in [1.54, 1.807) is 7.11 Å². The van der Waals surface area contributed by atoms with E-state index < -0.39 is 0 Å². The molecule has 3 rings (SSSR count). The first kappa shape index (κ1) is 11.1. The molecule has 0 aromatic heterocycles. The molecule has 92 valence electrons.